The molecule has 3 rings (SSSR count). The van der Waals surface area contributed by atoms with Crippen molar-refractivity contribution >= 4 is 55.4 Å². The molecular weight excluding hydrogens is 554 g/mol. The third-order valence-electron chi connectivity index (χ3n) is 5.53. The summed E-state index contributed by atoms with van der Waals surface area (Å²) in [5.41, 5.74) is 1.55. The molecule has 1 atom stereocenters. The van der Waals surface area contributed by atoms with Gasteiger partial charge in [0.25, 0.3) is 27.8 Å². The Balaban J connectivity index is 1.43. The molecule has 2 N–H and O–H groups in total. The number of amides is 3. The van der Waals surface area contributed by atoms with Crippen molar-refractivity contribution in [3.05, 3.63) is 53.7 Å². The summed E-state index contributed by atoms with van der Waals surface area (Å²) >= 11 is 0. The Morgan fingerprint density at radius 3 is 2.58 bits per heavy atom. The first-order chi connectivity index (χ1) is 18.1. The Labute approximate surface area is 228 Å². The number of nitrogens with one attached hydrogen (secondary N) is 1. The van der Waals surface area contributed by atoms with Crippen molar-refractivity contribution in [2.45, 2.75) is 60.6 Å². The van der Waals surface area contributed by atoms with E-state index in [2.05, 4.69) is 10.3 Å². The molecular formula is C24H27N3O8S3. The lowest BCUT2D eigenvalue weighted by Gasteiger charge is -2.14. The number of hydrogen-bond donors (Lipinski definition) is 2. The van der Waals surface area contributed by atoms with E-state index in [-0.39, 0.29) is 17.4 Å². The minimum atomic E-state index is -4.77. The van der Waals surface area contributed by atoms with Crippen LogP contribution in [0.1, 0.15) is 54.9 Å². The Bertz CT molecular complexity index is 1290. The van der Waals surface area contributed by atoms with E-state index < -0.39 is 39.6 Å². The van der Waals surface area contributed by atoms with Gasteiger partial charge in [0.1, 0.15) is 5.03 Å². The molecule has 1 aliphatic rings. The molecule has 3 amide bonds. The van der Waals surface area contributed by atoms with Gasteiger partial charge in [-0.1, -0.05) is 42.3 Å². The molecule has 1 aliphatic heterocycles. The number of benzene rings is 1. The van der Waals surface area contributed by atoms with Crippen molar-refractivity contribution in [3.8, 4) is 0 Å². The highest BCUT2D eigenvalue weighted by Crippen LogP contribution is 2.39. The van der Waals surface area contributed by atoms with Crippen LogP contribution in [0.15, 0.2) is 52.5 Å². The van der Waals surface area contributed by atoms with Crippen LogP contribution < -0.4 is 5.32 Å². The number of aromatic nitrogens is 1. The van der Waals surface area contributed by atoms with Crippen LogP contribution in [0.5, 0.6) is 0 Å². The maximum Gasteiger partial charge on any atom is 0.333 e. The zero-order valence-corrected chi connectivity index (χ0v) is 22.9. The standard InChI is InChI=1S/C24H27N3O8S3/c1-2-16-9-8-10-17(36-37-19-11-5-7-13-25-19)22(16)23(30)26-14-6-3-4-12-21(29)35-27-20(28)15-18(24(27)31)38(32,33)34/h5,7-11,13,18H,2-4,6,12,14-15H2,1H3,(H,26,30)(H,32,33,34). The number of nitrogens with zero attached hydrogens (tertiary/aromatic N) is 2. The van der Waals surface area contributed by atoms with Crippen molar-refractivity contribution in [2.75, 3.05) is 6.54 Å². The maximum atomic E-state index is 13.0. The van der Waals surface area contributed by atoms with Gasteiger partial charge in [-0.3, -0.25) is 18.9 Å². The number of carbonyl (C=O) groups excluding carboxylic acids is 4. The van der Waals surface area contributed by atoms with E-state index in [4.69, 9.17) is 9.39 Å². The molecule has 1 unspecified atom stereocenters. The highest BCUT2D eigenvalue weighted by atomic mass is 33.1. The van der Waals surface area contributed by atoms with E-state index >= 15 is 0 Å². The van der Waals surface area contributed by atoms with Crippen LogP contribution >= 0.6 is 21.6 Å². The minimum absolute atomic E-state index is 0.0912. The average molecular weight is 582 g/mol. The zero-order chi connectivity index (χ0) is 27.7. The molecule has 0 radical (unpaired) electrons. The summed E-state index contributed by atoms with van der Waals surface area (Å²) in [7, 11) is -1.84. The van der Waals surface area contributed by atoms with Gasteiger partial charge in [-0.25, -0.2) is 9.78 Å². The van der Waals surface area contributed by atoms with E-state index in [0.717, 1.165) is 15.5 Å². The molecule has 204 valence electrons. The van der Waals surface area contributed by atoms with Gasteiger partial charge in [0.05, 0.1) is 12.0 Å². The van der Waals surface area contributed by atoms with Crippen molar-refractivity contribution < 1.29 is 37.0 Å². The van der Waals surface area contributed by atoms with Crippen molar-refractivity contribution in [3.63, 3.8) is 0 Å². The van der Waals surface area contributed by atoms with Crippen molar-refractivity contribution in [1.82, 2.24) is 15.4 Å². The van der Waals surface area contributed by atoms with Gasteiger partial charge >= 0.3 is 5.97 Å². The van der Waals surface area contributed by atoms with Crippen molar-refractivity contribution in [2.24, 2.45) is 0 Å². The Kier molecular flexibility index (Phi) is 10.7. The topological polar surface area (TPSA) is 160 Å². The molecule has 2 aromatic rings. The summed E-state index contributed by atoms with van der Waals surface area (Å²) < 4.78 is 31.3. The lowest BCUT2D eigenvalue weighted by molar-refractivity contribution is -0.197. The SMILES string of the molecule is CCc1cccc(SSc2ccccn2)c1C(=O)NCCCCCC(=O)ON1C(=O)CC(S(=O)(=O)O)C1=O. The number of rotatable bonds is 13. The fourth-order valence-electron chi connectivity index (χ4n) is 3.60. The summed E-state index contributed by atoms with van der Waals surface area (Å²) in [6.45, 7) is 2.36. The second kappa shape index (κ2) is 13.7. The highest BCUT2D eigenvalue weighted by molar-refractivity contribution is 8.76. The van der Waals surface area contributed by atoms with Crippen LogP contribution in [0.25, 0.3) is 0 Å². The number of hydrogen-bond acceptors (Lipinski definition) is 10. The fourth-order valence-corrected chi connectivity index (χ4v) is 6.40. The molecule has 0 spiro atoms. The molecule has 14 heteroatoms. The zero-order valence-electron chi connectivity index (χ0n) is 20.5. The van der Waals surface area contributed by atoms with Crippen LogP contribution in [0.4, 0.5) is 0 Å². The monoisotopic (exact) mass is 581 g/mol. The summed E-state index contributed by atoms with van der Waals surface area (Å²) in [6, 6.07) is 11.4. The summed E-state index contributed by atoms with van der Waals surface area (Å²) in [5, 5.41) is 1.88. The van der Waals surface area contributed by atoms with Crippen LogP contribution in [0.2, 0.25) is 0 Å². The number of pyridine rings is 1. The first-order valence-corrected chi connectivity index (χ1v) is 15.5. The van der Waals surface area contributed by atoms with E-state index in [1.165, 1.54) is 21.6 Å². The molecule has 1 saturated heterocycles. The predicted molar refractivity (Wildman–Crippen MR) is 140 cm³/mol. The number of imide groups is 1. The second-order valence-electron chi connectivity index (χ2n) is 8.24. The third kappa shape index (κ3) is 8.03. The smallest absolute Gasteiger partial charge is 0.333 e. The van der Waals surface area contributed by atoms with Gasteiger partial charge in [0, 0.05) is 24.1 Å². The number of hydroxylamine groups is 2. The van der Waals surface area contributed by atoms with E-state index in [0.29, 0.717) is 37.8 Å². The second-order valence-corrected chi connectivity index (χ2v) is 12.0. The van der Waals surface area contributed by atoms with E-state index in [9.17, 15) is 27.6 Å². The Morgan fingerprint density at radius 1 is 1.13 bits per heavy atom. The lowest BCUT2D eigenvalue weighted by atomic mass is 10.0. The molecule has 1 aromatic carbocycles. The van der Waals surface area contributed by atoms with E-state index in [1.807, 2.05) is 43.3 Å². The number of unbranched alkanes of at least 4 members (excludes halogenated alkanes) is 2. The minimum Gasteiger partial charge on any atom is -0.352 e. The Hall–Kier alpha value is -2.94. The molecule has 11 nitrogen and oxygen atoms in total. The summed E-state index contributed by atoms with van der Waals surface area (Å²) in [5.74, 6) is -3.38. The van der Waals surface area contributed by atoms with Gasteiger partial charge < -0.3 is 10.2 Å². The first-order valence-electron chi connectivity index (χ1n) is 11.8. The summed E-state index contributed by atoms with van der Waals surface area (Å²) in [6.07, 6.45) is 2.99. The molecule has 1 fully saturated rings. The maximum absolute atomic E-state index is 13.0. The van der Waals surface area contributed by atoms with Gasteiger partial charge in [-0.2, -0.15) is 8.42 Å². The molecule has 0 bridgehead atoms. The first kappa shape index (κ1) is 29.6. The van der Waals surface area contributed by atoms with Gasteiger partial charge in [-0.05, 0) is 53.8 Å². The van der Waals surface area contributed by atoms with Gasteiger partial charge in [-0.15, -0.1) is 5.06 Å². The Morgan fingerprint density at radius 2 is 1.92 bits per heavy atom. The quantitative estimate of drug-likeness (QED) is 0.155. The third-order valence-corrected chi connectivity index (χ3v) is 8.94. The molecule has 0 saturated carbocycles. The normalized spacial score (nSPS) is 15.5. The van der Waals surface area contributed by atoms with Crippen LogP contribution in [0.3, 0.4) is 0 Å². The van der Waals surface area contributed by atoms with Crippen molar-refractivity contribution in [1.29, 1.82) is 0 Å². The lowest BCUT2D eigenvalue weighted by Crippen LogP contribution is -2.36. The molecule has 38 heavy (non-hydrogen) atoms. The van der Waals surface area contributed by atoms with Crippen LogP contribution in [0, 0.1) is 0 Å². The molecule has 0 aliphatic carbocycles. The summed E-state index contributed by atoms with van der Waals surface area (Å²) in [4.78, 5) is 58.5. The number of aryl methyl sites for hydroxylation is 1. The van der Waals surface area contributed by atoms with Gasteiger partial charge in [0.15, 0.2) is 5.25 Å². The highest BCUT2D eigenvalue weighted by Gasteiger charge is 2.48. The molecule has 2 heterocycles. The average Bonchev–Trinajstić information content (AvgIpc) is 3.18. The number of carbonyl (C=O) groups is 4. The fraction of sp³-hybridized carbons (Fsp3) is 0.375. The van der Waals surface area contributed by atoms with Crippen LogP contribution in [-0.4, -0.2) is 58.5 Å². The largest absolute Gasteiger partial charge is 0.352 e. The van der Waals surface area contributed by atoms with Gasteiger partial charge in [0.2, 0.25) is 0 Å². The van der Waals surface area contributed by atoms with Crippen LogP contribution in [-0.2, 0) is 35.8 Å². The predicted octanol–water partition coefficient (Wildman–Crippen LogP) is 3.21. The van der Waals surface area contributed by atoms with E-state index in [1.54, 1.807) is 6.20 Å². The molecule has 1 aromatic heterocycles.